The fourth-order valence-corrected chi connectivity index (χ4v) is 3.25. The molecule has 2 atom stereocenters. The third kappa shape index (κ3) is 4.37. The van der Waals surface area contributed by atoms with Gasteiger partial charge >= 0.3 is 0 Å². The van der Waals surface area contributed by atoms with Gasteiger partial charge in [0.05, 0.1) is 27.1 Å². The molecule has 9 heteroatoms. The zero-order valence-corrected chi connectivity index (χ0v) is 16.5. The normalized spacial score (nSPS) is 19.1. The van der Waals surface area contributed by atoms with E-state index in [1.807, 2.05) is 0 Å². The fraction of sp³-hybridized carbons (Fsp3) is 0.316. The summed E-state index contributed by atoms with van der Waals surface area (Å²) in [4.78, 5) is 14.2. The summed E-state index contributed by atoms with van der Waals surface area (Å²) in [6, 6.07) is 13.0. The van der Waals surface area contributed by atoms with E-state index in [0.717, 1.165) is 6.26 Å². The van der Waals surface area contributed by atoms with Crippen molar-refractivity contribution in [2.45, 2.75) is 12.1 Å². The maximum absolute atomic E-state index is 12.7. The van der Waals surface area contributed by atoms with Crippen molar-refractivity contribution in [3.05, 3.63) is 48.5 Å². The molecule has 1 aliphatic rings. The van der Waals surface area contributed by atoms with Crippen LogP contribution in [0.15, 0.2) is 48.5 Å². The lowest BCUT2D eigenvalue weighted by atomic mass is 9.97. The number of amides is 1. The number of benzene rings is 2. The molecule has 8 nitrogen and oxygen atoms in total. The van der Waals surface area contributed by atoms with Gasteiger partial charge in [-0.05, 0) is 48.5 Å². The smallest absolute Gasteiger partial charge is 0.270 e. The number of nitrogens with zero attached hydrogens (tertiary/aromatic N) is 1. The van der Waals surface area contributed by atoms with Crippen LogP contribution in [0.5, 0.6) is 17.2 Å². The van der Waals surface area contributed by atoms with Gasteiger partial charge in [-0.25, -0.2) is 0 Å². The first-order valence-corrected chi connectivity index (χ1v) is 10.3. The van der Waals surface area contributed by atoms with Crippen LogP contribution in [0.2, 0.25) is 0 Å². The van der Waals surface area contributed by atoms with Crippen LogP contribution in [0.25, 0.3) is 0 Å². The summed E-state index contributed by atoms with van der Waals surface area (Å²) in [5.41, 5.74) is 0.600. The lowest BCUT2D eigenvalue weighted by molar-refractivity contribution is -0.135. The lowest BCUT2D eigenvalue weighted by Crippen LogP contribution is -2.69. The summed E-state index contributed by atoms with van der Waals surface area (Å²) in [5, 5.41) is 0. The van der Waals surface area contributed by atoms with Gasteiger partial charge in [0.25, 0.3) is 16.0 Å². The predicted molar refractivity (Wildman–Crippen MR) is 102 cm³/mol. The molecule has 150 valence electrons. The summed E-state index contributed by atoms with van der Waals surface area (Å²) in [6.07, 6.45) is 0.0992. The highest BCUT2D eigenvalue weighted by molar-refractivity contribution is 7.85. The van der Waals surface area contributed by atoms with Gasteiger partial charge in [-0.15, -0.1) is 0 Å². The number of anilines is 1. The Kier molecular flexibility index (Phi) is 5.76. The number of rotatable bonds is 8. The van der Waals surface area contributed by atoms with Gasteiger partial charge in [-0.1, -0.05) is 0 Å². The van der Waals surface area contributed by atoms with Crippen LogP contribution in [0.3, 0.4) is 0 Å². The summed E-state index contributed by atoms with van der Waals surface area (Å²) in [7, 11) is -0.565. The first-order chi connectivity index (χ1) is 13.3. The molecule has 2 aromatic carbocycles. The number of carbonyl (C=O) groups is 1. The molecule has 0 aliphatic carbocycles. The van der Waals surface area contributed by atoms with E-state index in [4.69, 9.17) is 18.4 Å². The van der Waals surface area contributed by atoms with Gasteiger partial charge in [0.2, 0.25) is 6.10 Å². The molecule has 2 aromatic rings. The molecule has 1 fully saturated rings. The van der Waals surface area contributed by atoms with Crippen molar-refractivity contribution in [2.24, 2.45) is 0 Å². The van der Waals surface area contributed by atoms with Gasteiger partial charge in [-0.3, -0.25) is 13.9 Å². The highest BCUT2D eigenvalue weighted by Gasteiger charge is 2.50. The minimum absolute atomic E-state index is 0.211. The second kappa shape index (κ2) is 8.07. The molecular formula is C19H21NO7S. The average Bonchev–Trinajstić information content (AvgIpc) is 2.69. The van der Waals surface area contributed by atoms with Gasteiger partial charge in [0, 0.05) is 5.69 Å². The van der Waals surface area contributed by atoms with Gasteiger partial charge < -0.3 is 14.2 Å². The Morgan fingerprint density at radius 1 is 0.893 bits per heavy atom. The Balaban J connectivity index is 1.80. The summed E-state index contributed by atoms with van der Waals surface area (Å²) in [5.74, 6) is 1.48. The molecule has 0 spiro atoms. The van der Waals surface area contributed by atoms with E-state index in [1.54, 1.807) is 62.8 Å². The van der Waals surface area contributed by atoms with Crippen LogP contribution >= 0.6 is 0 Å². The first-order valence-electron chi connectivity index (χ1n) is 8.44. The average molecular weight is 407 g/mol. The Morgan fingerprint density at radius 3 is 1.89 bits per heavy atom. The Hall–Kier alpha value is -2.78. The van der Waals surface area contributed by atoms with Gasteiger partial charge in [0.15, 0.2) is 0 Å². The van der Waals surface area contributed by atoms with E-state index < -0.39 is 22.3 Å². The maximum atomic E-state index is 12.7. The van der Waals surface area contributed by atoms with Crippen molar-refractivity contribution in [3.8, 4) is 17.2 Å². The van der Waals surface area contributed by atoms with Gasteiger partial charge in [0.1, 0.15) is 23.3 Å². The summed E-state index contributed by atoms with van der Waals surface area (Å²) < 4.78 is 43.8. The van der Waals surface area contributed by atoms with E-state index >= 15 is 0 Å². The third-order valence-electron chi connectivity index (χ3n) is 4.29. The van der Waals surface area contributed by atoms with Crippen LogP contribution < -0.4 is 19.1 Å². The molecule has 3 rings (SSSR count). The monoisotopic (exact) mass is 407 g/mol. The van der Waals surface area contributed by atoms with Gasteiger partial charge in [-0.2, -0.15) is 8.42 Å². The molecule has 1 saturated heterocycles. The second-order valence-corrected chi connectivity index (χ2v) is 7.82. The standard InChI is InChI=1S/C19H21NO7S/c1-24-14-6-4-13(5-7-14)20-17(12-26-28(3,22)23)18(19(20)21)27-16-10-8-15(25-2)9-11-16/h4-11,17-18H,12H2,1-3H3/t17-,18+/m1/s1. The third-order valence-corrected chi connectivity index (χ3v) is 4.85. The van der Waals surface area contributed by atoms with Crippen molar-refractivity contribution in [3.63, 3.8) is 0 Å². The van der Waals surface area contributed by atoms with Crippen molar-refractivity contribution >= 4 is 21.7 Å². The van der Waals surface area contributed by atoms with Crippen LogP contribution in [-0.2, 0) is 19.1 Å². The van der Waals surface area contributed by atoms with Crippen molar-refractivity contribution in [1.82, 2.24) is 0 Å². The summed E-state index contributed by atoms with van der Waals surface area (Å²) in [6.45, 7) is -0.211. The molecule has 28 heavy (non-hydrogen) atoms. The second-order valence-electron chi connectivity index (χ2n) is 6.18. The SMILES string of the molecule is COc1ccc(O[C@@H]2C(=O)N(c3ccc(OC)cc3)[C@@H]2COS(C)(=O)=O)cc1. The van der Waals surface area contributed by atoms with Crippen LogP contribution in [0.1, 0.15) is 0 Å². The Labute approximate surface area is 163 Å². The topological polar surface area (TPSA) is 91.4 Å². The van der Waals surface area contributed by atoms with E-state index in [1.165, 1.54) is 4.90 Å². The minimum Gasteiger partial charge on any atom is -0.497 e. The van der Waals surface area contributed by atoms with E-state index in [2.05, 4.69) is 0 Å². The zero-order chi connectivity index (χ0) is 20.3. The molecule has 0 aromatic heterocycles. The maximum Gasteiger partial charge on any atom is 0.270 e. The largest absolute Gasteiger partial charge is 0.497 e. The Bertz CT molecular complexity index is 926. The van der Waals surface area contributed by atoms with E-state index in [9.17, 15) is 13.2 Å². The van der Waals surface area contributed by atoms with Crippen molar-refractivity contribution < 1.29 is 31.6 Å². The molecule has 1 amide bonds. The highest BCUT2D eigenvalue weighted by Crippen LogP contribution is 2.33. The number of methoxy groups -OCH3 is 2. The molecular weight excluding hydrogens is 386 g/mol. The lowest BCUT2D eigenvalue weighted by Gasteiger charge is -2.46. The molecule has 1 heterocycles. The molecule has 0 saturated carbocycles. The van der Waals surface area contributed by atoms with Crippen LogP contribution in [0.4, 0.5) is 5.69 Å². The number of carbonyl (C=O) groups excluding carboxylic acids is 1. The quantitative estimate of drug-likeness (QED) is 0.487. The van der Waals surface area contributed by atoms with Crippen molar-refractivity contribution in [2.75, 3.05) is 32.0 Å². The number of hydrogen-bond donors (Lipinski definition) is 0. The van der Waals surface area contributed by atoms with Crippen molar-refractivity contribution in [1.29, 1.82) is 0 Å². The predicted octanol–water partition coefficient (Wildman–Crippen LogP) is 1.84. The molecule has 0 bridgehead atoms. The zero-order valence-electron chi connectivity index (χ0n) is 15.7. The molecule has 0 unspecified atom stereocenters. The molecule has 0 N–H and O–H groups in total. The molecule has 1 aliphatic heterocycles. The molecule has 0 radical (unpaired) electrons. The fourth-order valence-electron chi connectivity index (χ4n) is 2.86. The number of β-lactam (4-membered cyclic amide) rings is 1. The highest BCUT2D eigenvalue weighted by atomic mass is 32.2. The number of hydrogen-bond acceptors (Lipinski definition) is 7. The van der Waals surface area contributed by atoms with Crippen LogP contribution in [0, 0.1) is 0 Å². The first kappa shape index (κ1) is 20.0. The van der Waals surface area contributed by atoms with E-state index in [0.29, 0.717) is 22.9 Å². The Morgan fingerprint density at radius 2 is 1.39 bits per heavy atom. The van der Waals surface area contributed by atoms with E-state index in [-0.39, 0.29) is 12.5 Å². The number of ether oxygens (including phenoxy) is 3. The minimum atomic E-state index is -3.66. The summed E-state index contributed by atoms with van der Waals surface area (Å²) >= 11 is 0. The van der Waals surface area contributed by atoms with Crippen LogP contribution in [-0.4, -0.2) is 53.6 Å².